The summed E-state index contributed by atoms with van der Waals surface area (Å²) in [5, 5.41) is 13.3. The van der Waals surface area contributed by atoms with Crippen LogP contribution in [-0.2, 0) is 0 Å². The van der Waals surface area contributed by atoms with Gasteiger partial charge in [-0.1, -0.05) is 10.3 Å². The molecule has 5 nitrogen and oxygen atoms in total. The molecular weight excluding hydrogens is 132 g/mol. The highest BCUT2D eigenvalue weighted by atomic mass is 16.6. The highest BCUT2D eigenvalue weighted by Gasteiger charge is 2.19. The molecule has 1 aromatic heterocycles. The standard InChI is InChI=1S/C5H7N4O/c1-2-7-5(6-1)4-3-8-10-9-4/h3,6-7H,1-2H2. The zero-order valence-electron chi connectivity index (χ0n) is 5.29. The molecule has 10 heavy (non-hydrogen) atoms. The van der Waals surface area contributed by atoms with Gasteiger partial charge in [0.1, 0.15) is 5.69 Å². The van der Waals surface area contributed by atoms with Crippen LogP contribution in [0.3, 0.4) is 0 Å². The van der Waals surface area contributed by atoms with Gasteiger partial charge >= 0.3 is 0 Å². The molecule has 0 atom stereocenters. The Kier molecular flexibility index (Phi) is 1.37. The van der Waals surface area contributed by atoms with Crippen LogP contribution in [0.4, 0.5) is 0 Å². The van der Waals surface area contributed by atoms with Crippen molar-refractivity contribution in [1.82, 2.24) is 20.9 Å². The summed E-state index contributed by atoms with van der Waals surface area (Å²) in [6, 6.07) is 0. The van der Waals surface area contributed by atoms with Crippen LogP contribution >= 0.6 is 0 Å². The zero-order valence-corrected chi connectivity index (χ0v) is 5.29. The molecule has 1 saturated heterocycles. The van der Waals surface area contributed by atoms with E-state index in [9.17, 15) is 0 Å². The lowest BCUT2D eigenvalue weighted by molar-refractivity contribution is 0.303. The molecule has 2 rings (SSSR count). The fourth-order valence-electron chi connectivity index (χ4n) is 0.893. The minimum atomic E-state index is 0.734. The first-order chi connectivity index (χ1) is 4.97. The van der Waals surface area contributed by atoms with Crippen molar-refractivity contribution in [3.8, 4) is 0 Å². The Bertz CT molecular complexity index is 191. The molecule has 1 aliphatic heterocycles. The van der Waals surface area contributed by atoms with Crippen LogP contribution in [0.2, 0.25) is 0 Å². The lowest BCUT2D eigenvalue weighted by atomic mass is 10.4. The fraction of sp³-hybridized carbons (Fsp3) is 0.400. The van der Waals surface area contributed by atoms with Gasteiger partial charge in [-0.15, -0.1) is 0 Å². The molecule has 0 aliphatic carbocycles. The number of nitrogens with zero attached hydrogens (tertiary/aromatic N) is 2. The molecule has 2 heterocycles. The van der Waals surface area contributed by atoms with E-state index in [-0.39, 0.29) is 0 Å². The monoisotopic (exact) mass is 139 g/mol. The molecule has 0 saturated carbocycles. The van der Waals surface area contributed by atoms with Gasteiger partial charge in [0.25, 0.3) is 0 Å². The number of aromatic nitrogens is 2. The van der Waals surface area contributed by atoms with Crippen molar-refractivity contribution in [2.75, 3.05) is 13.1 Å². The van der Waals surface area contributed by atoms with Crippen molar-refractivity contribution in [1.29, 1.82) is 0 Å². The Balaban J connectivity index is 2.12. The smallest absolute Gasteiger partial charge is 0.156 e. The summed E-state index contributed by atoms with van der Waals surface area (Å²) in [6.45, 7) is 1.87. The molecule has 1 radical (unpaired) electrons. The highest BCUT2D eigenvalue weighted by Crippen LogP contribution is 2.05. The second-order valence-electron chi connectivity index (χ2n) is 2.02. The minimum Gasteiger partial charge on any atom is -0.290 e. The van der Waals surface area contributed by atoms with E-state index < -0.39 is 0 Å². The van der Waals surface area contributed by atoms with E-state index in [1.54, 1.807) is 6.20 Å². The van der Waals surface area contributed by atoms with Crippen molar-refractivity contribution >= 4 is 0 Å². The molecule has 1 aliphatic rings. The minimum absolute atomic E-state index is 0.734. The van der Waals surface area contributed by atoms with Crippen molar-refractivity contribution in [3.63, 3.8) is 0 Å². The average molecular weight is 139 g/mol. The van der Waals surface area contributed by atoms with Gasteiger partial charge in [0.15, 0.2) is 6.17 Å². The van der Waals surface area contributed by atoms with Crippen LogP contribution < -0.4 is 10.6 Å². The summed E-state index contributed by atoms with van der Waals surface area (Å²) in [4.78, 5) is 0. The van der Waals surface area contributed by atoms with Crippen LogP contribution in [0.25, 0.3) is 0 Å². The van der Waals surface area contributed by atoms with Gasteiger partial charge in [0.05, 0.1) is 6.20 Å². The van der Waals surface area contributed by atoms with Crippen molar-refractivity contribution in [2.24, 2.45) is 0 Å². The maximum atomic E-state index is 4.43. The maximum Gasteiger partial charge on any atom is 0.156 e. The third-order valence-corrected chi connectivity index (χ3v) is 1.35. The van der Waals surface area contributed by atoms with Gasteiger partial charge < -0.3 is 0 Å². The fourth-order valence-corrected chi connectivity index (χ4v) is 0.893. The van der Waals surface area contributed by atoms with Gasteiger partial charge in [-0.3, -0.25) is 10.6 Å². The molecule has 2 N–H and O–H groups in total. The summed E-state index contributed by atoms with van der Waals surface area (Å²) < 4.78 is 4.43. The quantitative estimate of drug-likeness (QED) is 0.528. The van der Waals surface area contributed by atoms with E-state index in [0.717, 1.165) is 24.9 Å². The average Bonchev–Trinajstić information content (AvgIpc) is 2.59. The molecular formula is C5H7N4O. The normalized spacial score (nSPS) is 20.0. The second kappa shape index (κ2) is 2.36. The van der Waals surface area contributed by atoms with E-state index >= 15 is 0 Å². The predicted octanol–water partition coefficient (Wildman–Crippen LogP) is -0.900. The van der Waals surface area contributed by atoms with Gasteiger partial charge in [-0.25, -0.2) is 4.63 Å². The highest BCUT2D eigenvalue weighted by molar-refractivity contribution is 5.16. The first kappa shape index (κ1) is 5.82. The van der Waals surface area contributed by atoms with Crippen LogP contribution in [0.15, 0.2) is 10.8 Å². The third kappa shape index (κ3) is 0.891. The molecule has 0 bridgehead atoms. The van der Waals surface area contributed by atoms with Gasteiger partial charge in [-0.2, -0.15) is 0 Å². The van der Waals surface area contributed by atoms with Crippen molar-refractivity contribution in [3.05, 3.63) is 18.1 Å². The van der Waals surface area contributed by atoms with Crippen molar-refractivity contribution in [2.45, 2.75) is 0 Å². The Morgan fingerprint density at radius 2 is 2.20 bits per heavy atom. The van der Waals surface area contributed by atoms with Gasteiger partial charge in [-0.05, 0) is 0 Å². The molecule has 53 valence electrons. The summed E-state index contributed by atoms with van der Waals surface area (Å²) >= 11 is 0. The molecule has 0 spiro atoms. The van der Waals surface area contributed by atoms with Crippen LogP contribution in [0.1, 0.15) is 5.69 Å². The lowest BCUT2D eigenvalue weighted by Gasteiger charge is -2.00. The molecule has 0 amide bonds. The number of hydrogen-bond acceptors (Lipinski definition) is 5. The molecule has 0 aromatic carbocycles. The second-order valence-corrected chi connectivity index (χ2v) is 2.02. The Labute approximate surface area is 57.8 Å². The first-order valence-electron chi connectivity index (χ1n) is 3.09. The molecule has 1 aromatic rings. The summed E-state index contributed by atoms with van der Waals surface area (Å²) in [5.74, 6) is 0. The predicted molar refractivity (Wildman–Crippen MR) is 32.6 cm³/mol. The molecule has 5 heteroatoms. The maximum absolute atomic E-state index is 4.43. The summed E-state index contributed by atoms with van der Waals surface area (Å²) in [6.07, 6.45) is 2.47. The first-order valence-corrected chi connectivity index (χ1v) is 3.09. The van der Waals surface area contributed by atoms with Crippen molar-refractivity contribution < 1.29 is 4.63 Å². The van der Waals surface area contributed by atoms with Crippen LogP contribution in [0.5, 0.6) is 0 Å². The van der Waals surface area contributed by atoms with E-state index in [4.69, 9.17) is 0 Å². The van der Waals surface area contributed by atoms with E-state index in [1.165, 1.54) is 0 Å². The van der Waals surface area contributed by atoms with E-state index in [0.29, 0.717) is 0 Å². The Morgan fingerprint density at radius 3 is 2.80 bits per heavy atom. The van der Waals surface area contributed by atoms with Crippen LogP contribution in [0, 0.1) is 6.17 Å². The van der Waals surface area contributed by atoms with Gasteiger partial charge in [0, 0.05) is 13.1 Å². The lowest BCUT2D eigenvalue weighted by Crippen LogP contribution is -2.22. The Hall–Kier alpha value is -0.940. The number of hydrogen-bond donors (Lipinski definition) is 2. The largest absolute Gasteiger partial charge is 0.290 e. The SMILES string of the molecule is c1nonc1[C]1NCCN1. The molecule has 1 fully saturated rings. The van der Waals surface area contributed by atoms with Gasteiger partial charge in [0.2, 0.25) is 0 Å². The zero-order chi connectivity index (χ0) is 6.81. The van der Waals surface area contributed by atoms with Crippen LogP contribution in [-0.4, -0.2) is 23.4 Å². The Morgan fingerprint density at radius 1 is 1.40 bits per heavy atom. The van der Waals surface area contributed by atoms with E-state index in [2.05, 4.69) is 25.6 Å². The number of nitrogens with one attached hydrogen (secondary N) is 2. The topological polar surface area (TPSA) is 63.0 Å². The number of rotatable bonds is 1. The summed E-state index contributed by atoms with van der Waals surface area (Å²) in [7, 11) is 0. The summed E-state index contributed by atoms with van der Waals surface area (Å²) in [5.41, 5.74) is 0.734. The third-order valence-electron chi connectivity index (χ3n) is 1.35. The van der Waals surface area contributed by atoms with E-state index in [1.807, 2.05) is 0 Å². The molecule has 0 unspecified atom stereocenters.